The van der Waals surface area contributed by atoms with Gasteiger partial charge in [-0.2, -0.15) is 0 Å². The number of hydrogen-bond acceptors (Lipinski definition) is 2. The quantitative estimate of drug-likeness (QED) is 0.821. The molecule has 0 saturated heterocycles. The molecular formula is C12H15BrFNO2. The number of aliphatic hydroxyl groups is 1. The average molecular weight is 304 g/mol. The largest absolute Gasteiger partial charge is 0.393 e. The molecule has 0 aromatic heterocycles. The molecule has 2 N–H and O–H groups in total. The van der Waals surface area contributed by atoms with Gasteiger partial charge in [0.1, 0.15) is 5.82 Å². The molecule has 1 unspecified atom stereocenters. The van der Waals surface area contributed by atoms with Crippen LogP contribution in [0.1, 0.15) is 30.1 Å². The summed E-state index contributed by atoms with van der Waals surface area (Å²) in [6, 6.07) is 4.23. The van der Waals surface area contributed by atoms with E-state index in [4.69, 9.17) is 5.11 Å². The van der Waals surface area contributed by atoms with E-state index in [0.717, 1.165) is 0 Å². The van der Waals surface area contributed by atoms with Crippen LogP contribution in [-0.4, -0.2) is 23.7 Å². The first-order valence-corrected chi connectivity index (χ1v) is 6.21. The van der Waals surface area contributed by atoms with Gasteiger partial charge < -0.3 is 10.4 Å². The summed E-state index contributed by atoms with van der Waals surface area (Å²) >= 11 is 3.19. The maximum atomic E-state index is 13.3. The summed E-state index contributed by atoms with van der Waals surface area (Å²) in [6.45, 7) is 2.12. The molecule has 0 bridgehead atoms. The van der Waals surface area contributed by atoms with Crippen LogP contribution >= 0.6 is 15.9 Å². The number of amides is 1. The van der Waals surface area contributed by atoms with Crippen molar-refractivity contribution >= 4 is 21.8 Å². The fourth-order valence-corrected chi connectivity index (χ4v) is 1.73. The summed E-state index contributed by atoms with van der Waals surface area (Å²) in [7, 11) is 0. The molecule has 94 valence electrons. The van der Waals surface area contributed by atoms with E-state index < -0.39 is 11.7 Å². The van der Waals surface area contributed by atoms with Gasteiger partial charge in [0.15, 0.2) is 0 Å². The molecule has 0 spiro atoms. The highest BCUT2D eigenvalue weighted by atomic mass is 79.9. The van der Waals surface area contributed by atoms with E-state index in [9.17, 15) is 9.18 Å². The third-order valence-corrected chi connectivity index (χ3v) is 2.75. The first kappa shape index (κ1) is 14.1. The topological polar surface area (TPSA) is 49.3 Å². The van der Waals surface area contributed by atoms with E-state index in [1.807, 2.05) is 0 Å². The molecule has 1 aromatic carbocycles. The van der Waals surface area contributed by atoms with Gasteiger partial charge in [0.2, 0.25) is 0 Å². The maximum absolute atomic E-state index is 13.3. The Morgan fingerprint density at radius 1 is 1.59 bits per heavy atom. The lowest BCUT2D eigenvalue weighted by molar-refractivity contribution is 0.0945. The predicted octanol–water partition coefficient (Wildman–Crippen LogP) is 2.48. The van der Waals surface area contributed by atoms with Crippen LogP contribution in [0.5, 0.6) is 0 Å². The van der Waals surface area contributed by atoms with Gasteiger partial charge in [-0.05, 0) is 38.0 Å². The molecule has 1 amide bonds. The van der Waals surface area contributed by atoms with Crippen molar-refractivity contribution in [3.8, 4) is 0 Å². The van der Waals surface area contributed by atoms with Crippen molar-refractivity contribution in [2.75, 3.05) is 6.54 Å². The fourth-order valence-electron chi connectivity index (χ4n) is 1.37. The number of aliphatic hydroxyl groups excluding tert-OH is 1. The Hall–Kier alpha value is -0.940. The van der Waals surface area contributed by atoms with Crippen LogP contribution in [0.3, 0.4) is 0 Å². The summed E-state index contributed by atoms with van der Waals surface area (Å²) in [6.07, 6.45) is 0.898. The fraction of sp³-hybridized carbons (Fsp3) is 0.417. The number of carbonyl (C=O) groups excluding carboxylic acids is 1. The van der Waals surface area contributed by atoms with E-state index >= 15 is 0 Å². The Bertz CT molecular complexity index is 396. The van der Waals surface area contributed by atoms with Crippen LogP contribution in [0.4, 0.5) is 4.39 Å². The molecule has 0 fully saturated rings. The summed E-state index contributed by atoms with van der Waals surface area (Å²) in [5.41, 5.74) is 0.0245. The van der Waals surface area contributed by atoms with Crippen molar-refractivity contribution in [2.45, 2.75) is 25.9 Å². The summed E-state index contributed by atoms with van der Waals surface area (Å²) in [5.74, 6) is -0.976. The minimum atomic E-state index is -0.541. The molecule has 0 radical (unpaired) electrons. The molecule has 3 nitrogen and oxygen atoms in total. The van der Waals surface area contributed by atoms with Crippen molar-refractivity contribution in [3.63, 3.8) is 0 Å². The van der Waals surface area contributed by atoms with Gasteiger partial charge >= 0.3 is 0 Å². The smallest absolute Gasteiger partial charge is 0.254 e. The van der Waals surface area contributed by atoms with E-state index in [1.165, 1.54) is 12.1 Å². The van der Waals surface area contributed by atoms with Crippen LogP contribution < -0.4 is 5.32 Å². The Balaban J connectivity index is 2.49. The molecule has 1 atom stereocenters. The minimum Gasteiger partial charge on any atom is -0.393 e. The first-order valence-electron chi connectivity index (χ1n) is 5.42. The van der Waals surface area contributed by atoms with E-state index in [1.54, 1.807) is 13.0 Å². The highest BCUT2D eigenvalue weighted by Crippen LogP contribution is 2.15. The molecule has 0 saturated carbocycles. The van der Waals surface area contributed by atoms with Gasteiger partial charge in [-0.3, -0.25) is 4.79 Å². The maximum Gasteiger partial charge on any atom is 0.254 e. The standard InChI is InChI=1S/C12H15BrFNO2/c1-8(16)3-2-6-15-12(17)10-7-9(13)4-5-11(10)14/h4-5,7-8,16H,2-3,6H2,1H3,(H,15,17). The molecule has 5 heteroatoms. The lowest BCUT2D eigenvalue weighted by Gasteiger charge is -2.07. The molecular weight excluding hydrogens is 289 g/mol. The van der Waals surface area contributed by atoms with Crippen LogP contribution in [0.15, 0.2) is 22.7 Å². The Kier molecular flexibility index (Phi) is 5.58. The second kappa shape index (κ2) is 6.71. The van der Waals surface area contributed by atoms with Gasteiger partial charge in [-0.15, -0.1) is 0 Å². The molecule has 0 aliphatic carbocycles. The number of nitrogens with one attached hydrogen (secondary N) is 1. The van der Waals surface area contributed by atoms with E-state index in [0.29, 0.717) is 23.9 Å². The highest BCUT2D eigenvalue weighted by molar-refractivity contribution is 9.10. The zero-order valence-corrected chi connectivity index (χ0v) is 11.1. The van der Waals surface area contributed by atoms with Crippen molar-refractivity contribution in [1.29, 1.82) is 0 Å². The SMILES string of the molecule is CC(O)CCCNC(=O)c1cc(Br)ccc1F. The predicted molar refractivity (Wildman–Crippen MR) is 67.3 cm³/mol. The van der Waals surface area contributed by atoms with Gasteiger partial charge in [-0.25, -0.2) is 4.39 Å². The molecule has 1 rings (SSSR count). The zero-order valence-electron chi connectivity index (χ0n) is 9.54. The molecule has 1 aromatic rings. The highest BCUT2D eigenvalue weighted by Gasteiger charge is 2.11. The van der Waals surface area contributed by atoms with Crippen molar-refractivity contribution < 1.29 is 14.3 Å². The van der Waals surface area contributed by atoms with Crippen molar-refractivity contribution in [1.82, 2.24) is 5.32 Å². The lowest BCUT2D eigenvalue weighted by atomic mass is 10.2. The van der Waals surface area contributed by atoms with Crippen LogP contribution in [0.2, 0.25) is 0 Å². The van der Waals surface area contributed by atoms with E-state index in [-0.39, 0.29) is 11.7 Å². The molecule has 17 heavy (non-hydrogen) atoms. The normalized spacial score (nSPS) is 12.2. The first-order chi connectivity index (χ1) is 8.00. The third kappa shape index (κ3) is 4.83. The zero-order chi connectivity index (χ0) is 12.8. The van der Waals surface area contributed by atoms with E-state index in [2.05, 4.69) is 21.2 Å². The Morgan fingerprint density at radius 2 is 2.29 bits per heavy atom. The second-order valence-electron chi connectivity index (χ2n) is 3.87. The van der Waals surface area contributed by atoms with Gasteiger partial charge in [0.25, 0.3) is 5.91 Å². The summed E-state index contributed by atoms with van der Waals surface area (Å²) in [4.78, 5) is 11.6. The second-order valence-corrected chi connectivity index (χ2v) is 4.79. The summed E-state index contributed by atoms with van der Waals surface area (Å²) in [5, 5.41) is 11.6. The third-order valence-electron chi connectivity index (χ3n) is 2.26. The summed E-state index contributed by atoms with van der Waals surface area (Å²) < 4.78 is 14.0. The van der Waals surface area contributed by atoms with Crippen LogP contribution in [-0.2, 0) is 0 Å². The van der Waals surface area contributed by atoms with Gasteiger partial charge in [0.05, 0.1) is 11.7 Å². The van der Waals surface area contributed by atoms with Gasteiger partial charge in [-0.1, -0.05) is 15.9 Å². The lowest BCUT2D eigenvalue weighted by Crippen LogP contribution is -2.26. The van der Waals surface area contributed by atoms with Gasteiger partial charge in [0, 0.05) is 11.0 Å². The van der Waals surface area contributed by atoms with Crippen LogP contribution in [0, 0.1) is 5.82 Å². The number of benzene rings is 1. The number of hydrogen-bond donors (Lipinski definition) is 2. The van der Waals surface area contributed by atoms with Crippen LogP contribution in [0.25, 0.3) is 0 Å². The number of carbonyl (C=O) groups is 1. The minimum absolute atomic E-state index is 0.0245. The monoisotopic (exact) mass is 303 g/mol. The molecule has 0 aliphatic heterocycles. The van der Waals surface area contributed by atoms with Crippen molar-refractivity contribution in [2.24, 2.45) is 0 Å². The Labute approximate surface area is 108 Å². The number of rotatable bonds is 5. The number of halogens is 2. The molecule has 0 aliphatic rings. The van der Waals surface area contributed by atoms with Crippen molar-refractivity contribution in [3.05, 3.63) is 34.1 Å². The molecule has 0 heterocycles. The Morgan fingerprint density at radius 3 is 2.94 bits per heavy atom. The average Bonchev–Trinajstić information content (AvgIpc) is 2.27.